The van der Waals surface area contributed by atoms with Crippen molar-refractivity contribution in [3.05, 3.63) is 0 Å². The first-order chi connectivity index (χ1) is 12.9. The molecule has 0 aromatic carbocycles. The summed E-state index contributed by atoms with van der Waals surface area (Å²) in [5.74, 6) is -3.17. The second kappa shape index (κ2) is 16.4. The summed E-state index contributed by atoms with van der Waals surface area (Å²) in [6.45, 7) is 1.76. The van der Waals surface area contributed by atoms with Crippen LogP contribution in [0.1, 0.15) is 84.0 Å². The molecule has 0 fully saturated rings. The highest BCUT2D eigenvalue weighted by Crippen LogP contribution is 2.11. The van der Waals surface area contributed by atoms with Gasteiger partial charge in [-0.1, -0.05) is 58.3 Å². The van der Waals surface area contributed by atoms with Crippen LogP contribution in [0.5, 0.6) is 0 Å². The minimum absolute atomic E-state index is 0.0825. The van der Waals surface area contributed by atoms with Crippen molar-refractivity contribution in [3.63, 3.8) is 0 Å². The summed E-state index contributed by atoms with van der Waals surface area (Å²) in [4.78, 5) is 45.5. The number of rotatable bonds is 15. The Morgan fingerprint density at radius 3 is 1.81 bits per heavy atom. The van der Waals surface area contributed by atoms with Crippen LogP contribution in [-0.2, 0) is 28.7 Å². The van der Waals surface area contributed by atoms with Gasteiger partial charge in [0.15, 0.2) is 0 Å². The van der Waals surface area contributed by atoms with Gasteiger partial charge in [-0.15, -0.1) is 0 Å². The molecule has 0 aliphatic heterocycles. The zero-order valence-corrected chi connectivity index (χ0v) is 16.4. The molecule has 0 aromatic rings. The summed E-state index contributed by atoms with van der Waals surface area (Å²) in [7, 11) is 0. The number of hydrogen-bond donors (Lipinski definition) is 2. The van der Waals surface area contributed by atoms with Crippen molar-refractivity contribution < 1.29 is 28.7 Å². The Morgan fingerprint density at radius 2 is 1.26 bits per heavy atom. The van der Waals surface area contributed by atoms with E-state index >= 15 is 0 Å². The first kappa shape index (κ1) is 25.2. The van der Waals surface area contributed by atoms with Crippen LogP contribution >= 0.6 is 0 Å². The number of unbranched alkanes of at least 4 members (excludes halogenated alkanes) is 8. The van der Waals surface area contributed by atoms with Crippen molar-refractivity contribution in [1.29, 1.82) is 0 Å². The lowest BCUT2D eigenvalue weighted by Gasteiger charge is -2.09. The van der Waals surface area contributed by atoms with Gasteiger partial charge < -0.3 is 20.9 Å². The third-order valence-electron chi connectivity index (χ3n) is 4.06. The van der Waals surface area contributed by atoms with Gasteiger partial charge in [-0.05, 0) is 12.8 Å². The molecule has 27 heavy (non-hydrogen) atoms. The van der Waals surface area contributed by atoms with Gasteiger partial charge in [0.05, 0.1) is 6.54 Å². The third-order valence-corrected chi connectivity index (χ3v) is 4.06. The van der Waals surface area contributed by atoms with Gasteiger partial charge in [-0.2, -0.15) is 0 Å². The SMILES string of the molecule is CCCCCCCCCCCC(=O)OC(=O)CC[C@H](N)C(=O)OC(=O)CN. The predicted octanol–water partition coefficient (Wildman–Crippen LogP) is 2.11. The molecule has 4 N–H and O–H groups in total. The Labute approximate surface area is 161 Å². The van der Waals surface area contributed by atoms with Gasteiger partial charge in [-0.25, -0.2) is 4.79 Å². The zero-order chi connectivity index (χ0) is 20.5. The molecule has 0 bridgehead atoms. The van der Waals surface area contributed by atoms with Crippen LogP contribution in [0.4, 0.5) is 0 Å². The van der Waals surface area contributed by atoms with Gasteiger partial charge in [0.1, 0.15) is 6.04 Å². The molecule has 8 heteroatoms. The number of carbonyl (C=O) groups excluding carboxylic acids is 4. The van der Waals surface area contributed by atoms with Gasteiger partial charge >= 0.3 is 23.9 Å². The summed E-state index contributed by atoms with van der Waals surface area (Å²) in [6.07, 6.45) is 10.1. The highest BCUT2D eigenvalue weighted by molar-refractivity contribution is 5.89. The average molecular weight is 386 g/mol. The molecule has 0 aliphatic carbocycles. The summed E-state index contributed by atoms with van der Waals surface area (Å²) >= 11 is 0. The molecular formula is C19H34N2O6. The number of esters is 4. The largest absolute Gasteiger partial charge is 0.393 e. The lowest BCUT2D eigenvalue weighted by molar-refractivity contribution is -0.159. The fourth-order valence-corrected chi connectivity index (χ4v) is 2.43. The molecule has 0 rings (SSSR count). The molecule has 0 spiro atoms. The van der Waals surface area contributed by atoms with Crippen LogP contribution in [-0.4, -0.2) is 36.5 Å². The van der Waals surface area contributed by atoms with E-state index in [9.17, 15) is 19.2 Å². The minimum Gasteiger partial charge on any atom is -0.393 e. The van der Waals surface area contributed by atoms with Crippen molar-refractivity contribution in [2.45, 2.75) is 90.0 Å². The molecule has 0 saturated heterocycles. The molecule has 0 saturated carbocycles. The normalized spacial score (nSPS) is 11.7. The number of ether oxygens (including phenoxy) is 2. The predicted molar refractivity (Wildman–Crippen MR) is 100 cm³/mol. The monoisotopic (exact) mass is 386 g/mol. The van der Waals surface area contributed by atoms with Crippen LogP contribution < -0.4 is 11.5 Å². The second-order valence-electron chi connectivity index (χ2n) is 6.57. The van der Waals surface area contributed by atoms with Crippen LogP contribution in [0, 0.1) is 0 Å². The van der Waals surface area contributed by atoms with Crippen molar-refractivity contribution in [2.75, 3.05) is 6.54 Å². The fraction of sp³-hybridized carbons (Fsp3) is 0.789. The van der Waals surface area contributed by atoms with E-state index in [2.05, 4.69) is 16.4 Å². The maximum atomic E-state index is 11.6. The Kier molecular flexibility index (Phi) is 15.3. The molecule has 0 aliphatic rings. The Hall–Kier alpha value is -1.80. The summed E-state index contributed by atoms with van der Waals surface area (Å²) < 4.78 is 9.02. The van der Waals surface area contributed by atoms with Gasteiger partial charge in [0.2, 0.25) is 0 Å². The molecule has 8 nitrogen and oxygen atoms in total. The molecule has 0 heterocycles. The molecular weight excluding hydrogens is 352 g/mol. The first-order valence-electron chi connectivity index (χ1n) is 9.84. The van der Waals surface area contributed by atoms with E-state index in [-0.39, 0.29) is 19.3 Å². The Balaban J connectivity index is 3.70. The van der Waals surface area contributed by atoms with E-state index in [4.69, 9.17) is 11.5 Å². The smallest absolute Gasteiger partial charge is 0.330 e. The van der Waals surface area contributed by atoms with Crippen LogP contribution in [0.3, 0.4) is 0 Å². The molecule has 0 aromatic heterocycles. The van der Waals surface area contributed by atoms with E-state index in [1.165, 1.54) is 38.5 Å². The minimum atomic E-state index is -1.15. The maximum absolute atomic E-state index is 11.6. The van der Waals surface area contributed by atoms with E-state index in [1.807, 2.05) is 0 Å². The van der Waals surface area contributed by atoms with Crippen molar-refractivity contribution in [1.82, 2.24) is 0 Å². The Morgan fingerprint density at radius 1 is 0.741 bits per heavy atom. The lowest BCUT2D eigenvalue weighted by Crippen LogP contribution is -2.35. The van der Waals surface area contributed by atoms with E-state index in [0.29, 0.717) is 6.42 Å². The first-order valence-corrected chi connectivity index (χ1v) is 9.84. The van der Waals surface area contributed by atoms with E-state index in [1.54, 1.807) is 0 Å². The summed E-state index contributed by atoms with van der Waals surface area (Å²) in [6, 6.07) is -1.15. The maximum Gasteiger partial charge on any atom is 0.330 e. The van der Waals surface area contributed by atoms with E-state index < -0.39 is 36.5 Å². The average Bonchev–Trinajstić information content (AvgIpc) is 2.64. The van der Waals surface area contributed by atoms with Gasteiger partial charge in [-0.3, -0.25) is 14.4 Å². The quantitative estimate of drug-likeness (QED) is 0.248. The lowest BCUT2D eigenvalue weighted by atomic mass is 10.1. The Bertz CT molecular complexity index is 467. The fourth-order valence-electron chi connectivity index (χ4n) is 2.43. The molecule has 0 radical (unpaired) electrons. The highest BCUT2D eigenvalue weighted by Gasteiger charge is 2.20. The summed E-state index contributed by atoms with van der Waals surface area (Å²) in [5, 5.41) is 0. The topological polar surface area (TPSA) is 139 Å². The molecule has 0 unspecified atom stereocenters. The highest BCUT2D eigenvalue weighted by atomic mass is 16.6. The molecule has 1 atom stereocenters. The second-order valence-corrected chi connectivity index (χ2v) is 6.57. The molecule has 156 valence electrons. The van der Waals surface area contributed by atoms with Gasteiger partial charge in [0, 0.05) is 12.8 Å². The van der Waals surface area contributed by atoms with Crippen molar-refractivity contribution in [3.8, 4) is 0 Å². The standard InChI is InChI=1S/C19H34N2O6/c1-2-3-4-5-6-7-8-9-10-11-16(22)26-17(23)13-12-15(21)19(25)27-18(24)14-20/h15H,2-14,20-21H2,1H3/t15-/m0/s1. The summed E-state index contributed by atoms with van der Waals surface area (Å²) in [5.41, 5.74) is 10.5. The van der Waals surface area contributed by atoms with E-state index in [0.717, 1.165) is 12.8 Å². The van der Waals surface area contributed by atoms with Crippen LogP contribution in [0.15, 0.2) is 0 Å². The van der Waals surface area contributed by atoms with Crippen LogP contribution in [0.25, 0.3) is 0 Å². The zero-order valence-electron chi connectivity index (χ0n) is 16.4. The number of nitrogens with two attached hydrogens (primary N) is 2. The van der Waals surface area contributed by atoms with Crippen LogP contribution in [0.2, 0.25) is 0 Å². The number of carbonyl (C=O) groups is 4. The third kappa shape index (κ3) is 15.0. The molecule has 0 amide bonds. The van der Waals surface area contributed by atoms with Gasteiger partial charge in [0.25, 0.3) is 0 Å². The van der Waals surface area contributed by atoms with Crippen molar-refractivity contribution >= 4 is 23.9 Å². The number of hydrogen-bond acceptors (Lipinski definition) is 8. The van der Waals surface area contributed by atoms with Crippen molar-refractivity contribution in [2.24, 2.45) is 11.5 Å².